The molecule has 0 aliphatic carbocycles. The van der Waals surface area contributed by atoms with Gasteiger partial charge in [-0.1, -0.05) is 23.7 Å². The zero-order chi connectivity index (χ0) is 16.5. The molecule has 0 unspecified atom stereocenters. The summed E-state index contributed by atoms with van der Waals surface area (Å²) >= 11 is 6.15. The van der Waals surface area contributed by atoms with Crippen molar-refractivity contribution in [3.8, 4) is 28.0 Å². The van der Waals surface area contributed by atoms with Gasteiger partial charge in [0, 0.05) is 51.2 Å². The Morgan fingerprint density at radius 1 is 0.917 bits per heavy atom. The molecule has 4 aromatic rings. The maximum absolute atomic E-state index is 6.15. The van der Waals surface area contributed by atoms with Crippen molar-refractivity contribution >= 4 is 22.5 Å². The van der Waals surface area contributed by atoms with E-state index in [0.29, 0.717) is 0 Å². The number of ether oxygens (including phenoxy) is 1. The molecule has 0 saturated heterocycles. The molecule has 24 heavy (non-hydrogen) atoms. The minimum Gasteiger partial charge on any atom is -0.497 e. The van der Waals surface area contributed by atoms with Gasteiger partial charge in [-0.15, -0.1) is 0 Å². The van der Waals surface area contributed by atoms with Crippen molar-refractivity contribution in [2.24, 2.45) is 0 Å². The van der Waals surface area contributed by atoms with Crippen LogP contribution in [0, 0.1) is 0 Å². The van der Waals surface area contributed by atoms with E-state index >= 15 is 0 Å². The molecule has 2 aromatic heterocycles. The average molecular weight is 335 g/mol. The minimum absolute atomic E-state index is 0.725. The summed E-state index contributed by atoms with van der Waals surface area (Å²) in [6.07, 6.45) is 5.74. The van der Waals surface area contributed by atoms with Gasteiger partial charge in [0.2, 0.25) is 0 Å². The number of H-pyrrole nitrogens is 1. The molecule has 2 aromatic carbocycles. The van der Waals surface area contributed by atoms with Crippen LogP contribution in [0.25, 0.3) is 33.2 Å². The second kappa shape index (κ2) is 6.02. The van der Waals surface area contributed by atoms with Crippen LogP contribution < -0.4 is 4.74 Å². The van der Waals surface area contributed by atoms with Crippen molar-refractivity contribution in [3.05, 3.63) is 72.1 Å². The Balaban J connectivity index is 1.80. The predicted molar refractivity (Wildman–Crippen MR) is 98.5 cm³/mol. The Kier molecular flexibility index (Phi) is 3.71. The Morgan fingerprint density at radius 2 is 1.71 bits per heavy atom. The molecule has 0 fully saturated rings. The van der Waals surface area contributed by atoms with E-state index in [1.165, 1.54) is 0 Å². The number of hydrogen-bond donors (Lipinski definition) is 1. The molecule has 118 valence electrons. The number of pyridine rings is 1. The van der Waals surface area contributed by atoms with Crippen LogP contribution in [0.2, 0.25) is 5.02 Å². The molecule has 0 bridgehead atoms. The number of fused-ring (bicyclic) bond motifs is 1. The first-order chi connectivity index (χ1) is 11.7. The van der Waals surface area contributed by atoms with Gasteiger partial charge in [0.15, 0.2) is 0 Å². The van der Waals surface area contributed by atoms with Gasteiger partial charge in [-0.05, 0) is 42.0 Å². The number of methoxy groups -OCH3 is 1. The van der Waals surface area contributed by atoms with E-state index in [9.17, 15) is 0 Å². The van der Waals surface area contributed by atoms with E-state index in [1.807, 2.05) is 61.1 Å². The standard InChI is InChI=1S/C20H15ClN2O/c1-24-17-5-2-13(3-6-17)14-8-15(11-22-10-14)19-12-23-20-7-4-16(21)9-18(19)20/h2-12,23H,1H3. The summed E-state index contributed by atoms with van der Waals surface area (Å²) in [6, 6.07) is 16.0. The molecule has 0 aliphatic rings. The summed E-state index contributed by atoms with van der Waals surface area (Å²) in [5.41, 5.74) is 5.37. The van der Waals surface area contributed by atoms with Gasteiger partial charge in [-0.2, -0.15) is 0 Å². The Hall–Kier alpha value is -2.78. The SMILES string of the molecule is COc1ccc(-c2cncc(-c3c[nH]c4ccc(Cl)cc34)c2)cc1. The first-order valence-electron chi connectivity index (χ1n) is 7.61. The number of aromatic amines is 1. The zero-order valence-electron chi connectivity index (χ0n) is 13.1. The van der Waals surface area contributed by atoms with Crippen molar-refractivity contribution < 1.29 is 4.74 Å². The quantitative estimate of drug-likeness (QED) is 0.532. The zero-order valence-corrected chi connectivity index (χ0v) is 13.8. The van der Waals surface area contributed by atoms with Gasteiger partial charge in [0.05, 0.1) is 7.11 Å². The molecule has 0 saturated carbocycles. The van der Waals surface area contributed by atoms with E-state index in [-0.39, 0.29) is 0 Å². The third-order valence-electron chi connectivity index (χ3n) is 4.12. The smallest absolute Gasteiger partial charge is 0.118 e. The summed E-state index contributed by atoms with van der Waals surface area (Å²) in [6.45, 7) is 0. The Labute approximate surface area is 144 Å². The maximum Gasteiger partial charge on any atom is 0.118 e. The summed E-state index contributed by atoms with van der Waals surface area (Å²) < 4.78 is 5.21. The fourth-order valence-corrected chi connectivity index (χ4v) is 3.03. The topological polar surface area (TPSA) is 37.9 Å². The highest BCUT2D eigenvalue weighted by Gasteiger charge is 2.09. The lowest BCUT2D eigenvalue weighted by molar-refractivity contribution is 0.415. The Morgan fingerprint density at radius 3 is 2.50 bits per heavy atom. The molecule has 0 aliphatic heterocycles. The lowest BCUT2D eigenvalue weighted by Crippen LogP contribution is -1.85. The number of halogens is 1. The Bertz CT molecular complexity index is 1010. The number of rotatable bonds is 3. The van der Waals surface area contributed by atoms with Crippen LogP contribution >= 0.6 is 11.6 Å². The highest BCUT2D eigenvalue weighted by molar-refractivity contribution is 6.31. The van der Waals surface area contributed by atoms with Crippen LogP contribution in [0.15, 0.2) is 67.1 Å². The van der Waals surface area contributed by atoms with Crippen LogP contribution in [0.1, 0.15) is 0 Å². The minimum atomic E-state index is 0.725. The van der Waals surface area contributed by atoms with Gasteiger partial charge in [-0.25, -0.2) is 0 Å². The van der Waals surface area contributed by atoms with Gasteiger partial charge < -0.3 is 9.72 Å². The van der Waals surface area contributed by atoms with E-state index in [0.717, 1.165) is 43.9 Å². The summed E-state index contributed by atoms with van der Waals surface area (Å²) in [5.74, 6) is 0.842. The van der Waals surface area contributed by atoms with Crippen molar-refractivity contribution in [2.75, 3.05) is 7.11 Å². The molecule has 0 spiro atoms. The number of nitrogens with one attached hydrogen (secondary N) is 1. The first kappa shape index (κ1) is 14.8. The maximum atomic E-state index is 6.15. The first-order valence-corrected chi connectivity index (χ1v) is 7.99. The van der Waals surface area contributed by atoms with E-state index in [2.05, 4.69) is 16.0 Å². The number of aromatic nitrogens is 2. The van der Waals surface area contributed by atoms with Crippen LogP contribution in [-0.4, -0.2) is 17.1 Å². The monoisotopic (exact) mass is 334 g/mol. The summed E-state index contributed by atoms with van der Waals surface area (Å²) in [5, 5.41) is 1.82. The van der Waals surface area contributed by atoms with Crippen molar-refractivity contribution in [1.29, 1.82) is 0 Å². The van der Waals surface area contributed by atoms with Crippen LogP contribution in [-0.2, 0) is 0 Å². The molecular formula is C20H15ClN2O. The average Bonchev–Trinajstić information content (AvgIpc) is 3.05. The lowest BCUT2D eigenvalue weighted by atomic mass is 10.0. The molecular weight excluding hydrogens is 320 g/mol. The third kappa shape index (κ3) is 2.63. The molecule has 3 nitrogen and oxygen atoms in total. The highest BCUT2D eigenvalue weighted by Crippen LogP contribution is 2.32. The van der Waals surface area contributed by atoms with E-state index in [1.54, 1.807) is 7.11 Å². The van der Waals surface area contributed by atoms with Gasteiger partial charge in [-0.3, -0.25) is 4.98 Å². The highest BCUT2D eigenvalue weighted by atomic mass is 35.5. The molecule has 0 amide bonds. The third-order valence-corrected chi connectivity index (χ3v) is 4.35. The number of nitrogens with zero attached hydrogens (tertiary/aromatic N) is 1. The van der Waals surface area contributed by atoms with Gasteiger partial charge in [0.1, 0.15) is 5.75 Å². The normalized spacial score (nSPS) is 10.9. The summed E-state index contributed by atoms with van der Waals surface area (Å²) in [4.78, 5) is 7.70. The fraction of sp³-hybridized carbons (Fsp3) is 0.0500. The van der Waals surface area contributed by atoms with Gasteiger partial charge in [0.25, 0.3) is 0 Å². The van der Waals surface area contributed by atoms with Crippen LogP contribution in [0.5, 0.6) is 5.75 Å². The second-order valence-electron chi connectivity index (χ2n) is 5.58. The molecule has 4 rings (SSSR count). The van der Waals surface area contributed by atoms with Crippen LogP contribution in [0.3, 0.4) is 0 Å². The molecule has 0 atom stereocenters. The lowest BCUT2D eigenvalue weighted by Gasteiger charge is -2.06. The van der Waals surface area contributed by atoms with E-state index < -0.39 is 0 Å². The predicted octanol–water partition coefficient (Wildman–Crippen LogP) is 5.56. The van der Waals surface area contributed by atoms with Crippen molar-refractivity contribution in [1.82, 2.24) is 9.97 Å². The number of hydrogen-bond acceptors (Lipinski definition) is 2. The van der Waals surface area contributed by atoms with E-state index in [4.69, 9.17) is 16.3 Å². The van der Waals surface area contributed by atoms with Crippen molar-refractivity contribution in [3.63, 3.8) is 0 Å². The molecule has 1 N–H and O–H groups in total. The molecule has 0 radical (unpaired) electrons. The summed E-state index contributed by atoms with van der Waals surface area (Å²) in [7, 11) is 1.67. The van der Waals surface area contributed by atoms with Crippen LogP contribution in [0.4, 0.5) is 0 Å². The molecule has 2 heterocycles. The van der Waals surface area contributed by atoms with Gasteiger partial charge >= 0.3 is 0 Å². The second-order valence-corrected chi connectivity index (χ2v) is 6.02. The number of benzene rings is 2. The largest absolute Gasteiger partial charge is 0.497 e. The fourth-order valence-electron chi connectivity index (χ4n) is 2.86. The molecule has 4 heteroatoms. The van der Waals surface area contributed by atoms with Crippen molar-refractivity contribution in [2.45, 2.75) is 0 Å².